The molecule has 2 aromatic carbocycles. The average molecular weight is 281 g/mol. The largest absolute Gasteiger partial charge is 0.339 e. The van der Waals surface area contributed by atoms with Crippen LogP contribution in [0.1, 0.15) is 19.7 Å². The molecule has 0 aliphatic rings. The lowest BCUT2D eigenvalue weighted by atomic mass is 10.1. The van der Waals surface area contributed by atoms with Gasteiger partial charge >= 0.3 is 0 Å². The summed E-state index contributed by atoms with van der Waals surface area (Å²) in [4.78, 5) is 4.49. The van der Waals surface area contributed by atoms with Gasteiger partial charge in [0.15, 0.2) is 0 Å². The second-order valence-electron chi connectivity index (χ2n) is 5.24. The number of nitrogens with zero attached hydrogens (tertiary/aromatic N) is 2. The van der Waals surface area contributed by atoms with Crippen LogP contribution in [0.4, 0.5) is 0 Å². The molecule has 0 saturated heterocycles. The highest BCUT2D eigenvalue weighted by Crippen LogP contribution is 2.22. The van der Waals surface area contributed by atoms with E-state index >= 15 is 0 Å². The van der Waals surface area contributed by atoms with Crippen molar-refractivity contribution in [2.75, 3.05) is 6.54 Å². The van der Waals surface area contributed by atoms with E-state index in [-0.39, 0.29) is 0 Å². The number of hydrogen-bond donors (Lipinski definition) is 1. The summed E-state index contributed by atoms with van der Waals surface area (Å²) in [6.07, 6.45) is 0.744. The third kappa shape index (κ3) is 3.11. The topological polar surface area (TPSA) is 51.0 Å². The number of fused-ring (bicyclic) bond motifs is 1. The van der Waals surface area contributed by atoms with E-state index < -0.39 is 0 Å². The minimum atomic E-state index is 0.333. The van der Waals surface area contributed by atoms with Crippen LogP contribution in [0, 0.1) is 0 Å². The lowest BCUT2D eigenvalue weighted by molar-refractivity contribution is 0.363. The molecule has 1 heterocycles. The second kappa shape index (κ2) is 6.06. The van der Waals surface area contributed by atoms with Crippen LogP contribution >= 0.6 is 0 Å². The third-order valence-corrected chi connectivity index (χ3v) is 3.51. The Morgan fingerprint density at radius 2 is 1.95 bits per heavy atom. The summed E-state index contributed by atoms with van der Waals surface area (Å²) in [5.41, 5.74) is 0.986. The van der Waals surface area contributed by atoms with Gasteiger partial charge in [0.1, 0.15) is 0 Å². The SMILES string of the molecule is CCNC(C)Cc1nc(-c2ccc3ccccc3c2)no1. The summed E-state index contributed by atoms with van der Waals surface area (Å²) >= 11 is 0. The number of hydrogen-bond acceptors (Lipinski definition) is 4. The van der Waals surface area contributed by atoms with Gasteiger partial charge in [0.05, 0.1) is 0 Å². The van der Waals surface area contributed by atoms with Crippen molar-refractivity contribution in [1.82, 2.24) is 15.5 Å². The van der Waals surface area contributed by atoms with Gasteiger partial charge in [-0.3, -0.25) is 0 Å². The van der Waals surface area contributed by atoms with E-state index in [1.54, 1.807) is 0 Å². The molecule has 3 rings (SSSR count). The monoisotopic (exact) mass is 281 g/mol. The maximum absolute atomic E-state index is 5.35. The molecule has 0 saturated carbocycles. The van der Waals surface area contributed by atoms with E-state index in [4.69, 9.17) is 4.52 Å². The summed E-state index contributed by atoms with van der Waals surface area (Å²) in [6.45, 7) is 5.14. The zero-order valence-electron chi connectivity index (χ0n) is 12.3. The van der Waals surface area contributed by atoms with E-state index in [1.165, 1.54) is 10.8 Å². The molecule has 1 unspecified atom stereocenters. The predicted molar refractivity (Wildman–Crippen MR) is 84.1 cm³/mol. The lowest BCUT2D eigenvalue weighted by Crippen LogP contribution is -2.27. The van der Waals surface area contributed by atoms with Crippen molar-refractivity contribution < 1.29 is 4.52 Å². The van der Waals surface area contributed by atoms with Gasteiger partial charge in [-0.25, -0.2) is 0 Å². The Morgan fingerprint density at radius 1 is 1.14 bits per heavy atom. The summed E-state index contributed by atoms with van der Waals surface area (Å²) in [7, 11) is 0. The maximum atomic E-state index is 5.35. The van der Waals surface area contributed by atoms with E-state index in [0.717, 1.165) is 18.5 Å². The van der Waals surface area contributed by atoms with Crippen molar-refractivity contribution in [3.05, 3.63) is 48.4 Å². The molecule has 108 valence electrons. The Balaban J connectivity index is 1.84. The highest BCUT2D eigenvalue weighted by atomic mass is 16.5. The molecule has 0 fully saturated rings. The van der Waals surface area contributed by atoms with E-state index in [0.29, 0.717) is 17.8 Å². The quantitative estimate of drug-likeness (QED) is 0.778. The molecule has 0 spiro atoms. The number of rotatable bonds is 5. The Labute approximate surface area is 124 Å². The molecule has 0 radical (unpaired) electrons. The van der Waals surface area contributed by atoms with Crippen molar-refractivity contribution in [3.8, 4) is 11.4 Å². The van der Waals surface area contributed by atoms with Gasteiger partial charge in [0.25, 0.3) is 0 Å². The Kier molecular flexibility index (Phi) is 3.97. The van der Waals surface area contributed by atoms with E-state index in [1.807, 2.05) is 18.2 Å². The minimum absolute atomic E-state index is 0.333. The molecule has 21 heavy (non-hydrogen) atoms. The van der Waals surface area contributed by atoms with Crippen LogP contribution < -0.4 is 5.32 Å². The third-order valence-electron chi connectivity index (χ3n) is 3.51. The molecule has 0 aliphatic heterocycles. The molecule has 1 atom stereocenters. The summed E-state index contributed by atoms with van der Waals surface area (Å²) < 4.78 is 5.35. The Hall–Kier alpha value is -2.20. The first-order valence-electron chi connectivity index (χ1n) is 7.31. The normalized spacial score (nSPS) is 12.7. The predicted octanol–water partition coefficient (Wildman–Crippen LogP) is 3.43. The zero-order valence-corrected chi connectivity index (χ0v) is 12.3. The van der Waals surface area contributed by atoms with Crippen LogP contribution in [0.2, 0.25) is 0 Å². The first-order valence-corrected chi connectivity index (χ1v) is 7.31. The van der Waals surface area contributed by atoms with E-state index in [2.05, 4.69) is 53.6 Å². The number of aromatic nitrogens is 2. The fraction of sp³-hybridized carbons (Fsp3) is 0.294. The van der Waals surface area contributed by atoms with Crippen LogP contribution in [-0.2, 0) is 6.42 Å². The number of nitrogens with one attached hydrogen (secondary N) is 1. The molecule has 1 N–H and O–H groups in total. The smallest absolute Gasteiger partial charge is 0.228 e. The molecule has 3 aromatic rings. The van der Waals surface area contributed by atoms with Gasteiger partial charge in [-0.1, -0.05) is 48.5 Å². The molecule has 1 aromatic heterocycles. The van der Waals surface area contributed by atoms with Crippen LogP contribution in [0.5, 0.6) is 0 Å². The van der Waals surface area contributed by atoms with Crippen LogP contribution in [0.15, 0.2) is 47.0 Å². The first-order chi connectivity index (χ1) is 10.3. The minimum Gasteiger partial charge on any atom is -0.339 e. The molecule has 0 bridgehead atoms. The van der Waals surface area contributed by atoms with Gasteiger partial charge in [0, 0.05) is 18.0 Å². The van der Waals surface area contributed by atoms with Gasteiger partial charge in [0.2, 0.25) is 11.7 Å². The lowest BCUT2D eigenvalue weighted by Gasteiger charge is -2.07. The number of benzene rings is 2. The van der Waals surface area contributed by atoms with E-state index in [9.17, 15) is 0 Å². The molecular weight excluding hydrogens is 262 g/mol. The Morgan fingerprint density at radius 3 is 2.76 bits per heavy atom. The summed E-state index contributed by atoms with van der Waals surface area (Å²) in [6, 6.07) is 14.8. The average Bonchev–Trinajstić information content (AvgIpc) is 2.95. The van der Waals surface area contributed by atoms with Crippen molar-refractivity contribution in [2.24, 2.45) is 0 Å². The first kappa shape index (κ1) is 13.8. The molecule has 4 nitrogen and oxygen atoms in total. The van der Waals surface area contributed by atoms with Gasteiger partial charge < -0.3 is 9.84 Å². The van der Waals surface area contributed by atoms with Crippen LogP contribution in [-0.4, -0.2) is 22.7 Å². The fourth-order valence-electron chi connectivity index (χ4n) is 2.47. The number of likely N-dealkylation sites (N-methyl/N-ethyl adjacent to an activating group) is 1. The van der Waals surface area contributed by atoms with Gasteiger partial charge in [-0.15, -0.1) is 0 Å². The second-order valence-corrected chi connectivity index (χ2v) is 5.24. The molecular formula is C17H19N3O. The van der Waals surface area contributed by atoms with Crippen LogP contribution in [0.3, 0.4) is 0 Å². The highest BCUT2D eigenvalue weighted by Gasteiger charge is 2.11. The van der Waals surface area contributed by atoms with Crippen molar-refractivity contribution in [2.45, 2.75) is 26.3 Å². The summed E-state index contributed by atoms with van der Waals surface area (Å²) in [5.74, 6) is 1.33. The van der Waals surface area contributed by atoms with Gasteiger partial charge in [-0.2, -0.15) is 4.98 Å². The summed E-state index contributed by atoms with van der Waals surface area (Å²) in [5, 5.41) is 9.83. The van der Waals surface area contributed by atoms with Crippen molar-refractivity contribution >= 4 is 10.8 Å². The van der Waals surface area contributed by atoms with Gasteiger partial charge in [-0.05, 0) is 30.3 Å². The molecule has 0 amide bonds. The zero-order chi connectivity index (χ0) is 14.7. The standard InChI is InChI=1S/C17H19N3O/c1-3-18-12(2)10-16-19-17(20-21-16)15-9-8-13-6-4-5-7-14(13)11-15/h4-9,11-12,18H,3,10H2,1-2H3. The van der Waals surface area contributed by atoms with Crippen LogP contribution in [0.25, 0.3) is 22.2 Å². The van der Waals surface area contributed by atoms with Crippen molar-refractivity contribution in [1.29, 1.82) is 0 Å². The fourth-order valence-corrected chi connectivity index (χ4v) is 2.47. The highest BCUT2D eigenvalue weighted by molar-refractivity contribution is 5.86. The molecule has 0 aliphatic carbocycles. The Bertz CT molecular complexity index is 735. The molecule has 4 heteroatoms. The van der Waals surface area contributed by atoms with Crippen molar-refractivity contribution in [3.63, 3.8) is 0 Å². The maximum Gasteiger partial charge on any atom is 0.228 e.